The van der Waals surface area contributed by atoms with Crippen molar-refractivity contribution in [2.45, 2.75) is 38.6 Å². The summed E-state index contributed by atoms with van der Waals surface area (Å²) in [5.41, 5.74) is 3.07. The number of aliphatic carboxylic acids is 1. The fraction of sp³-hybridized carbons (Fsp3) is 0.412. The van der Waals surface area contributed by atoms with Crippen molar-refractivity contribution in [3.63, 3.8) is 0 Å². The summed E-state index contributed by atoms with van der Waals surface area (Å²) in [7, 11) is 0. The first-order valence-corrected chi connectivity index (χ1v) is 7.66. The van der Waals surface area contributed by atoms with Crippen molar-refractivity contribution in [1.82, 2.24) is 9.88 Å². The summed E-state index contributed by atoms with van der Waals surface area (Å²) in [4.78, 5) is 28.6. The lowest BCUT2D eigenvalue weighted by Crippen LogP contribution is -2.48. The number of piperidine rings is 1. The van der Waals surface area contributed by atoms with E-state index in [2.05, 4.69) is 4.98 Å². The molecule has 2 heterocycles. The molecule has 2 aromatic rings. The predicted octanol–water partition coefficient (Wildman–Crippen LogP) is 2.48. The minimum Gasteiger partial charge on any atom is -0.480 e. The largest absolute Gasteiger partial charge is 0.480 e. The van der Waals surface area contributed by atoms with E-state index < -0.39 is 12.0 Å². The van der Waals surface area contributed by atoms with Crippen molar-refractivity contribution < 1.29 is 14.7 Å². The van der Waals surface area contributed by atoms with Crippen molar-refractivity contribution >= 4 is 22.8 Å². The van der Waals surface area contributed by atoms with Crippen LogP contribution in [0.1, 0.15) is 30.4 Å². The van der Waals surface area contributed by atoms with E-state index in [-0.39, 0.29) is 12.3 Å². The molecule has 5 nitrogen and oxygen atoms in total. The van der Waals surface area contributed by atoms with E-state index in [0.29, 0.717) is 13.0 Å². The molecule has 1 aliphatic heterocycles. The molecule has 1 aromatic carbocycles. The van der Waals surface area contributed by atoms with E-state index in [4.69, 9.17) is 0 Å². The smallest absolute Gasteiger partial charge is 0.326 e. The maximum absolute atomic E-state index is 12.6. The number of fused-ring (bicyclic) bond motifs is 1. The second-order valence-corrected chi connectivity index (χ2v) is 5.93. The van der Waals surface area contributed by atoms with Gasteiger partial charge in [0.05, 0.1) is 6.42 Å². The Kier molecular flexibility index (Phi) is 3.88. The minimum atomic E-state index is -0.900. The van der Waals surface area contributed by atoms with Gasteiger partial charge in [0.2, 0.25) is 5.91 Å². The van der Waals surface area contributed by atoms with Crippen molar-refractivity contribution in [2.24, 2.45) is 0 Å². The Morgan fingerprint density at radius 1 is 1.36 bits per heavy atom. The summed E-state index contributed by atoms with van der Waals surface area (Å²) >= 11 is 0. The normalized spacial score (nSPS) is 18.6. The molecule has 1 aromatic heterocycles. The van der Waals surface area contributed by atoms with Gasteiger partial charge in [-0.3, -0.25) is 4.79 Å². The third-order valence-corrected chi connectivity index (χ3v) is 4.45. The maximum atomic E-state index is 12.6. The van der Waals surface area contributed by atoms with Crippen LogP contribution in [0.2, 0.25) is 0 Å². The number of carboxylic acid groups (broad SMARTS) is 1. The van der Waals surface area contributed by atoms with Gasteiger partial charge >= 0.3 is 5.97 Å². The fourth-order valence-corrected chi connectivity index (χ4v) is 3.34. The zero-order chi connectivity index (χ0) is 15.7. The highest BCUT2D eigenvalue weighted by molar-refractivity contribution is 5.92. The van der Waals surface area contributed by atoms with E-state index in [1.165, 1.54) is 4.90 Å². The van der Waals surface area contributed by atoms with Gasteiger partial charge < -0.3 is 15.0 Å². The maximum Gasteiger partial charge on any atom is 0.326 e. The van der Waals surface area contributed by atoms with Gasteiger partial charge in [0, 0.05) is 23.6 Å². The molecule has 1 fully saturated rings. The Labute approximate surface area is 128 Å². The Balaban J connectivity index is 1.85. The van der Waals surface area contributed by atoms with Crippen molar-refractivity contribution in [3.05, 3.63) is 35.5 Å². The van der Waals surface area contributed by atoms with Gasteiger partial charge in [-0.15, -0.1) is 0 Å². The SMILES string of the molecule is Cc1cccc2[nH]cc(CC(=O)N3CCCC[C@H]3C(=O)O)c12. The van der Waals surface area contributed by atoms with Crippen LogP contribution < -0.4 is 0 Å². The quantitative estimate of drug-likeness (QED) is 0.914. The van der Waals surface area contributed by atoms with Crippen LogP contribution in [-0.4, -0.2) is 39.5 Å². The van der Waals surface area contributed by atoms with Crippen LogP contribution in [0.3, 0.4) is 0 Å². The van der Waals surface area contributed by atoms with Crippen LogP contribution >= 0.6 is 0 Å². The summed E-state index contributed by atoms with van der Waals surface area (Å²) in [6.07, 6.45) is 4.40. The molecule has 1 atom stereocenters. The van der Waals surface area contributed by atoms with Crippen LogP contribution in [0.5, 0.6) is 0 Å². The van der Waals surface area contributed by atoms with Gasteiger partial charge in [0.1, 0.15) is 6.04 Å². The molecule has 0 spiro atoms. The highest BCUT2D eigenvalue weighted by Gasteiger charge is 2.32. The Bertz CT molecular complexity index is 720. The number of nitrogens with zero attached hydrogens (tertiary/aromatic N) is 1. The summed E-state index contributed by atoms with van der Waals surface area (Å²) in [5.74, 6) is -1.00. The van der Waals surface area contributed by atoms with Gasteiger partial charge in [0.15, 0.2) is 0 Å². The molecular weight excluding hydrogens is 280 g/mol. The highest BCUT2D eigenvalue weighted by atomic mass is 16.4. The number of carboxylic acids is 1. The number of aromatic nitrogens is 1. The van der Waals surface area contributed by atoms with E-state index in [9.17, 15) is 14.7 Å². The molecule has 116 valence electrons. The highest BCUT2D eigenvalue weighted by Crippen LogP contribution is 2.24. The van der Waals surface area contributed by atoms with Gasteiger partial charge in [-0.05, 0) is 43.4 Å². The molecule has 1 aliphatic rings. The molecule has 1 saturated heterocycles. The molecular formula is C17H20N2O3. The van der Waals surface area contributed by atoms with Crippen LogP contribution in [0.15, 0.2) is 24.4 Å². The number of carbonyl (C=O) groups is 2. The molecule has 0 radical (unpaired) electrons. The van der Waals surface area contributed by atoms with E-state index in [1.54, 1.807) is 0 Å². The van der Waals surface area contributed by atoms with Crippen LogP contribution in [0.4, 0.5) is 0 Å². The van der Waals surface area contributed by atoms with E-state index in [0.717, 1.165) is 34.9 Å². The minimum absolute atomic E-state index is 0.101. The molecule has 2 N–H and O–H groups in total. The number of carbonyl (C=O) groups excluding carboxylic acids is 1. The number of nitrogens with one attached hydrogen (secondary N) is 1. The number of likely N-dealkylation sites (tertiary alicyclic amines) is 1. The van der Waals surface area contributed by atoms with Crippen molar-refractivity contribution in [1.29, 1.82) is 0 Å². The summed E-state index contributed by atoms with van der Waals surface area (Å²) in [6.45, 7) is 2.56. The lowest BCUT2D eigenvalue weighted by atomic mass is 10.00. The molecule has 0 saturated carbocycles. The first kappa shape index (κ1) is 14.6. The van der Waals surface area contributed by atoms with Gasteiger partial charge in [-0.25, -0.2) is 4.79 Å². The Hall–Kier alpha value is -2.30. The topological polar surface area (TPSA) is 73.4 Å². The third-order valence-electron chi connectivity index (χ3n) is 4.45. The molecule has 0 aliphatic carbocycles. The van der Waals surface area contributed by atoms with Crippen LogP contribution in [-0.2, 0) is 16.0 Å². The molecule has 3 rings (SSSR count). The Morgan fingerprint density at radius 3 is 2.95 bits per heavy atom. The van der Waals surface area contributed by atoms with Crippen molar-refractivity contribution in [3.8, 4) is 0 Å². The molecule has 5 heteroatoms. The Morgan fingerprint density at radius 2 is 2.18 bits per heavy atom. The third kappa shape index (κ3) is 2.58. The summed E-state index contributed by atoms with van der Waals surface area (Å²) in [5, 5.41) is 10.4. The number of H-pyrrole nitrogens is 1. The number of benzene rings is 1. The lowest BCUT2D eigenvalue weighted by molar-refractivity contribution is -0.151. The number of hydrogen-bond donors (Lipinski definition) is 2. The zero-order valence-corrected chi connectivity index (χ0v) is 12.6. The zero-order valence-electron chi connectivity index (χ0n) is 12.6. The molecule has 0 bridgehead atoms. The second kappa shape index (κ2) is 5.83. The van der Waals surface area contributed by atoms with Gasteiger partial charge in [-0.1, -0.05) is 12.1 Å². The van der Waals surface area contributed by atoms with Crippen LogP contribution in [0.25, 0.3) is 10.9 Å². The van der Waals surface area contributed by atoms with Crippen molar-refractivity contribution in [2.75, 3.05) is 6.54 Å². The monoisotopic (exact) mass is 300 g/mol. The summed E-state index contributed by atoms with van der Waals surface area (Å²) < 4.78 is 0. The number of aromatic amines is 1. The lowest BCUT2D eigenvalue weighted by Gasteiger charge is -2.33. The average molecular weight is 300 g/mol. The van der Waals surface area contributed by atoms with E-state index in [1.807, 2.05) is 31.3 Å². The number of hydrogen-bond acceptors (Lipinski definition) is 2. The van der Waals surface area contributed by atoms with E-state index >= 15 is 0 Å². The number of amides is 1. The molecule has 0 unspecified atom stereocenters. The summed E-state index contributed by atoms with van der Waals surface area (Å²) in [6, 6.07) is 5.31. The standard InChI is InChI=1S/C17H20N2O3/c1-11-5-4-6-13-16(11)12(10-18-13)9-15(20)19-8-3-2-7-14(19)17(21)22/h4-6,10,14,18H,2-3,7-9H2,1H3,(H,21,22)/t14-/m0/s1. The van der Waals surface area contributed by atoms with Crippen LogP contribution in [0, 0.1) is 6.92 Å². The number of aryl methyl sites for hydroxylation is 1. The predicted molar refractivity (Wildman–Crippen MR) is 83.7 cm³/mol. The second-order valence-electron chi connectivity index (χ2n) is 5.93. The fourth-order valence-electron chi connectivity index (χ4n) is 3.34. The van der Waals surface area contributed by atoms with Gasteiger partial charge in [-0.2, -0.15) is 0 Å². The first-order valence-electron chi connectivity index (χ1n) is 7.66. The molecule has 22 heavy (non-hydrogen) atoms. The average Bonchev–Trinajstić information content (AvgIpc) is 2.91. The first-order chi connectivity index (χ1) is 10.6. The van der Waals surface area contributed by atoms with Gasteiger partial charge in [0.25, 0.3) is 0 Å². The molecule has 1 amide bonds. The number of rotatable bonds is 3.